The van der Waals surface area contributed by atoms with Crippen molar-refractivity contribution in [3.8, 4) is 5.69 Å². The van der Waals surface area contributed by atoms with Crippen LogP contribution in [0.2, 0.25) is 0 Å². The highest BCUT2D eigenvalue weighted by Crippen LogP contribution is 2.41. The summed E-state index contributed by atoms with van der Waals surface area (Å²) in [6.45, 7) is 0. The van der Waals surface area contributed by atoms with Crippen LogP contribution in [0.15, 0.2) is 59.6 Å². The number of halogens is 1. The van der Waals surface area contributed by atoms with Crippen molar-refractivity contribution in [2.75, 3.05) is 11.1 Å². The summed E-state index contributed by atoms with van der Waals surface area (Å²) in [7, 11) is 0. The molecule has 24 heavy (non-hydrogen) atoms. The topological polar surface area (TPSA) is 59.8 Å². The summed E-state index contributed by atoms with van der Waals surface area (Å²) in [5.41, 5.74) is 3.00. The predicted molar refractivity (Wildman–Crippen MR) is 98.4 cm³/mol. The molecule has 0 spiro atoms. The second-order valence-electron chi connectivity index (χ2n) is 5.35. The third kappa shape index (κ3) is 2.85. The van der Waals surface area contributed by atoms with Gasteiger partial charge in [-0.3, -0.25) is 14.3 Å². The number of benzene rings is 1. The molecule has 1 aromatic carbocycles. The van der Waals surface area contributed by atoms with Gasteiger partial charge in [-0.15, -0.1) is 11.8 Å². The number of rotatable bonds is 2. The maximum absolute atomic E-state index is 12.0. The van der Waals surface area contributed by atoms with E-state index in [0.29, 0.717) is 11.6 Å². The van der Waals surface area contributed by atoms with Crippen LogP contribution in [0.4, 0.5) is 5.82 Å². The van der Waals surface area contributed by atoms with E-state index in [4.69, 9.17) is 0 Å². The van der Waals surface area contributed by atoms with Gasteiger partial charge in [-0.05, 0) is 29.8 Å². The van der Waals surface area contributed by atoms with E-state index in [0.717, 1.165) is 21.4 Å². The fourth-order valence-corrected chi connectivity index (χ4v) is 4.22. The van der Waals surface area contributed by atoms with E-state index in [9.17, 15) is 4.79 Å². The van der Waals surface area contributed by atoms with E-state index >= 15 is 0 Å². The van der Waals surface area contributed by atoms with Gasteiger partial charge in [0.25, 0.3) is 0 Å². The Labute approximate surface area is 151 Å². The number of aromatic nitrogens is 3. The molecule has 120 valence electrons. The summed E-state index contributed by atoms with van der Waals surface area (Å²) < 4.78 is 3.02. The molecule has 1 unspecified atom stereocenters. The molecule has 0 fully saturated rings. The number of nitrogens with one attached hydrogen (secondary N) is 1. The Bertz CT molecular complexity index is 897. The average Bonchev–Trinajstić information content (AvgIpc) is 2.92. The van der Waals surface area contributed by atoms with E-state index in [2.05, 4.69) is 31.2 Å². The van der Waals surface area contributed by atoms with Crippen LogP contribution in [-0.4, -0.2) is 26.2 Å². The molecule has 1 aliphatic rings. The molecule has 1 N–H and O–H groups in total. The zero-order valence-corrected chi connectivity index (χ0v) is 14.9. The quantitative estimate of drug-likeness (QED) is 0.710. The molecule has 4 rings (SSSR count). The molecule has 0 bridgehead atoms. The average molecular weight is 401 g/mol. The lowest BCUT2D eigenvalue weighted by atomic mass is 10.1. The summed E-state index contributed by atoms with van der Waals surface area (Å²) in [4.78, 5) is 20.7. The summed E-state index contributed by atoms with van der Waals surface area (Å²) in [5.74, 6) is 0.958. The minimum absolute atomic E-state index is 0.0193. The van der Waals surface area contributed by atoms with Gasteiger partial charge in [0.05, 0.1) is 16.7 Å². The second-order valence-corrected chi connectivity index (χ2v) is 7.36. The van der Waals surface area contributed by atoms with Crippen LogP contribution in [0.25, 0.3) is 5.69 Å². The largest absolute Gasteiger partial charge is 0.308 e. The van der Waals surface area contributed by atoms with Crippen LogP contribution in [0.1, 0.15) is 16.5 Å². The molecule has 0 radical (unpaired) electrons. The first-order valence-corrected chi connectivity index (χ1v) is 9.21. The zero-order chi connectivity index (χ0) is 16.5. The van der Waals surface area contributed by atoms with Gasteiger partial charge in [0, 0.05) is 22.6 Å². The van der Waals surface area contributed by atoms with Crippen LogP contribution in [0, 0.1) is 0 Å². The van der Waals surface area contributed by atoms with Crippen LogP contribution in [-0.2, 0) is 4.79 Å². The number of nitrogens with zero attached hydrogens (tertiary/aromatic N) is 3. The second kappa shape index (κ2) is 6.41. The number of carbonyl (C=O) groups excluding carboxylic acids is 1. The van der Waals surface area contributed by atoms with Gasteiger partial charge in [-0.25, -0.2) is 4.98 Å². The third-order valence-electron chi connectivity index (χ3n) is 3.77. The molecule has 5 nitrogen and oxygen atoms in total. The Hall–Kier alpha value is -2.12. The highest BCUT2D eigenvalue weighted by atomic mass is 79.9. The molecule has 7 heteroatoms. The van der Waals surface area contributed by atoms with Crippen LogP contribution in [0.3, 0.4) is 0 Å². The Balaban J connectivity index is 1.89. The minimum Gasteiger partial charge on any atom is -0.308 e. The lowest BCUT2D eigenvalue weighted by Gasteiger charge is -2.17. The molecule has 1 aliphatic heterocycles. The van der Waals surface area contributed by atoms with Gasteiger partial charge >= 0.3 is 0 Å². The number of hydrogen-bond acceptors (Lipinski definition) is 4. The van der Waals surface area contributed by atoms with Crippen molar-refractivity contribution in [2.45, 2.75) is 5.25 Å². The van der Waals surface area contributed by atoms with Gasteiger partial charge < -0.3 is 5.32 Å². The Morgan fingerprint density at radius 3 is 3.00 bits per heavy atom. The fraction of sp³-hybridized carbons (Fsp3) is 0.118. The van der Waals surface area contributed by atoms with Gasteiger partial charge in [-0.1, -0.05) is 28.1 Å². The molecule has 0 aliphatic carbocycles. The summed E-state index contributed by atoms with van der Waals surface area (Å²) in [6.07, 6.45) is 5.35. The van der Waals surface area contributed by atoms with E-state index in [1.807, 2.05) is 47.2 Å². The van der Waals surface area contributed by atoms with Crippen molar-refractivity contribution in [1.82, 2.24) is 14.5 Å². The van der Waals surface area contributed by atoms with Crippen LogP contribution < -0.4 is 5.32 Å². The lowest BCUT2D eigenvalue weighted by molar-refractivity contribution is -0.113. The van der Waals surface area contributed by atoms with Crippen LogP contribution in [0.5, 0.6) is 0 Å². The van der Waals surface area contributed by atoms with Crippen LogP contribution >= 0.6 is 27.7 Å². The van der Waals surface area contributed by atoms with Crippen molar-refractivity contribution >= 4 is 39.4 Å². The molecule has 3 heterocycles. The molecule has 3 aromatic rings. The zero-order valence-electron chi connectivity index (χ0n) is 12.5. The normalized spacial score (nSPS) is 17.0. The molecular weight excluding hydrogens is 388 g/mol. The highest BCUT2D eigenvalue weighted by Gasteiger charge is 2.29. The maximum atomic E-state index is 12.0. The SMILES string of the molecule is O=C1CSC(c2cccnc2)c2c(ncn2-c2cccc(Br)c2)N1. The Morgan fingerprint density at radius 2 is 2.21 bits per heavy atom. The maximum Gasteiger partial charge on any atom is 0.235 e. The molecular formula is C17H13BrN4OS. The highest BCUT2D eigenvalue weighted by molar-refractivity contribution is 9.10. The van der Waals surface area contributed by atoms with Gasteiger partial charge in [0.2, 0.25) is 5.91 Å². The smallest absolute Gasteiger partial charge is 0.235 e. The van der Waals surface area contributed by atoms with Crippen molar-refractivity contribution in [2.24, 2.45) is 0 Å². The number of amides is 1. The first-order valence-electron chi connectivity index (χ1n) is 7.37. The third-order valence-corrected chi connectivity index (χ3v) is 5.52. The van der Waals surface area contributed by atoms with Gasteiger partial charge in [-0.2, -0.15) is 0 Å². The number of hydrogen-bond donors (Lipinski definition) is 1. The number of anilines is 1. The number of imidazole rings is 1. The monoisotopic (exact) mass is 400 g/mol. The Kier molecular flexibility index (Phi) is 4.12. The molecule has 0 saturated heterocycles. The standard InChI is InChI=1S/C17H13BrN4OS/c18-12-4-1-5-13(7-12)22-10-20-17-15(22)16(24-9-14(23)21-17)11-3-2-6-19-8-11/h1-8,10,16H,9H2,(H,21,23). The van der Waals surface area contributed by atoms with Gasteiger partial charge in [0.15, 0.2) is 5.82 Å². The number of thioether (sulfide) groups is 1. The van der Waals surface area contributed by atoms with Crippen molar-refractivity contribution in [3.05, 3.63) is 70.8 Å². The number of pyridine rings is 1. The first-order chi connectivity index (χ1) is 11.7. The first kappa shape index (κ1) is 15.4. The lowest BCUT2D eigenvalue weighted by Crippen LogP contribution is -2.12. The summed E-state index contributed by atoms with van der Waals surface area (Å²) >= 11 is 5.09. The van der Waals surface area contributed by atoms with E-state index in [1.54, 1.807) is 24.3 Å². The van der Waals surface area contributed by atoms with Crippen molar-refractivity contribution in [3.63, 3.8) is 0 Å². The Morgan fingerprint density at radius 1 is 1.29 bits per heavy atom. The van der Waals surface area contributed by atoms with E-state index in [1.165, 1.54) is 0 Å². The molecule has 2 aromatic heterocycles. The predicted octanol–water partition coefficient (Wildman–Crippen LogP) is 3.80. The number of fused-ring (bicyclic) bond motifs is 1. The molecule has 1 atom stereocenters. The van der Waals surface area contributed by atoms with E-state index in [-0.39, 0.29) is 11.2 Å². The van der Waals surface area contributed by atoms with E-state index < -0.39 is 0 Å². The number of carbonyl (C=O) groups is 1. The van der Waals surface area contributed by atoms with Gasteiger partial charge in [0.1, 0.15) is 6.33 Å². The summed E-state index contributed by atoms with van der Waals surface area (Å²) in [5, 5.41) is 2.88. The van der Waals surface area contributed by atoms with Crippen molar-refractivity contribution < 1.29 is 4.79 Å². The molecule has 1 amide bonds. The van der Waals surface area contributed by atoms with Crippen molar-refractivity contribution in [1.29, 1.82) is 0 Å². The minimum atomic E-state index is -0.0351. The summed E-state index contributed by atoms with van der Waals surface area (Å²) in [6, 6.07) is 11.9. The molecule has 0 saturated carbocycles. The fourth-order valence-electron chi connectivity index (χ4n) is 2.73.